The van der Waals surface area contributed by atoms with Gasteiger partial charge in [0.2, 0.25) is 0 Å². The van der Waals surface area contributed by atoms with Crippen molar-refractivity contribution < 1.29 is 0 Å². The van der Waals surface area contributed by atoms with E-state index in [1.165, 1.54) is 10.6 Å². The van der Waals surface area contributed by atoms with E-state index in [1.807, 2.05) is 6.92 Å². The summed E-state index contributed by atoms with van der Waals surface area (Å²) >= 11 is 1.70. The molecule has 0 fully saturated rings. The minimum atomic E-state index is 0.516. The van der Waals surface area contributed by atoms with E-state index in [-0.39, 0.29) is 0 Å². The molecule has 2 N–H and O–H groups in total. The van der Waals surface area contributed by atoms with Crippen molar-refractivity contribution in [2.75, 3.05) is 5.73 Å². The number of hydrogen-bond acceptors (Lipinski definition) is 5. The van der Waals surface area contributed by atoms with Gasteiger partial charge in [0, 0.05) is 11.1 Å². The van der Waals surface area contributed by atoms with Gasteiger partial charge in [-0.2, -0.15) is 0 Å². The zero-order chi connectivity index (χ0) is 13.1. The van der Waals surface area contributed by atoms with Crippen molar-refractivity contribution in [1.82, 2.24) is 15.0 Å². The van der Waals surface area contributed by atoms with Crippen molar-refractivity contribution in [1.29, 1.82) is 0 Å². The Morgan fingerprint density at radius 3 is 2.67 bits per heavy atom. The van der Waals surface area contributed by atoms with Gasteiger partial charge in [-0.3, -0.25) is 0 Å². The van der Waals surface area contributed by atoms with Crippen LogP contribution in [0.15, 0.2) is 6.20 Å². The molecule has 96 valence electrons. The number of aryl methyl sites for hydroxylation is 3. The van der Waals surface area contributed by atoms with Gasteiger partial charge in [-0.05, 0) is 19.8 Å². The Morgan fingerprint density at radius 2 is 2.06 bits per heavy atom. The van der Waals surface area contributed by atoms with E-state index < -0.39 is 0 Å². The number of nitrogens with two attached hydrogens (primary N) is 1. The molecule has 0 saturated carbocycles. The number of nitrogens with zero attached hydrogens (tertiary/aromatic N) is 3. The van der Waals surface area contributed by atoms with Gasteiger partial charge in [0.05, 0.1) is 11.3 Å². The SMILES string of the molecule is CCCc1nc(-c2cnc(C)nc2N)sc1CC. The molecular formula is C13H18N4S. The Labute approximate surface area is 111 Å². The molecule has 0 bridgehead atoms. The minimum Gasteiger partial charge on any atom is -0.383 e. The molecule has 4 nitrogen and oxygen atoms in total. The van der Waals surface area contributed by atoms with Crippen LogP contribution < -0.4 is 5.73 Å². The Kier molecular flexibility index (Phi) is 3.91. The molecule has 0 aliphatic heterocycles. The second-order valence-corrected chi connectivity index (χ2v) is 5.29. The molecule has 0 saturated heterocycles. The van der Waals surface area contributed by atoms with Crippen LogP contribution in [0, 0.1) is 6.92 Å². The average molecular weight is 262 g/mol. The number of thiazole rings is 1. The first kappa shape index (κ1) is 13.0. The quantitative estimate of drug-likeness (QED) is 0.920. The minimum absolute atomic E-state index is 0.516. The van der Waals surface area contributed by atoms with Gasteiger partial charge in [0.25, 0.3) is 0 Å². The van der Waals surface area contributed by atoms with Crippen LogP contribution in [0.4, 0.5) is 5.82 Å². The fourth-order valence-corrected chi connectivity index (χ4v) is 2.93. The van der Waals surface area contributed by atoms with Crippen LogP contribution in [-0.2, 0) is 12.8 Å². The van der Waals surface area contributed by atoms with Crippen molar-refractivity contribution in [3.05, 3.63) is 22.6 Å². The van der Waals surface area contributed by atoms with Gasteiger partial charge in [-0.15, -0.1) is 11.3 Å². The molecule has 2 heterocycles. The van der Waals surface area contributed by atoms with Gasteiger partial charge >= 0.3 is 0 Å². The first-order valence-corrected chi connectivity index (χ1v) is 7.05. The number of nitrogen functional groups attached to an aromatic ring is 1. The smallest absolute Gasteiger partial charge is 0.137 e. The van der Waals surface area contributed by atoms with Gasteiger partial charge in [0.1, 0.15) is 16.6 Å². The van der Waals surface area contributed by atoms with Crippen LogP contribution >= 0.6 is 11.3 Å². The fraction of sp³-hybridized carbons (Fsp3) is 0.462. The summed E-state index contributed by atoms with van der Waals surface area (Å²) < 4.78 is 0. The van der Waals surface area contributed by atoms with E-state index in [0.29, 0.717) is 11.6 Å². The highest BCUT2D eigenvalue weighted by Gasteiger charge is 2.13. The lowest BCUT2D eigenvalue weighted by molar-refractivity contribution is 0.876. The van der Waals surface area contributed by atoms with E-state index in [4.69, 9.17) is 10.7 Å². The molecular weight excluding hydrogens is 244 g/mol. The zero-order valence-electron chi connectivity index (χ0n) is 11.0. The highest BCUT2D eigenvalue weighted by atomic mass is 32.1. The van der Waals surface area contributed by atoms with Crippen LogP contribution in [0.1, 0.15) is 36.7 Å². The molecule has 0 unspecified atom stereocenters. The zero-order valence-corrected chi connectivity index (χ0v) is 11.8. The normalized spacial score (nSPS) is 10.8. The molecule has 2 aromatic heterocycles. The summed E-state index contributed by atoms with van der Waals surface area (Å²) in [5.74, 6) is 1.21. The first-order valence-electron chi connectivity index (χ1n) is 6.23. The van der Waals surface area contributed by atoms with Crippen molar-refractivity contribution >= 4 is 17.2 Å². The van der Waals surface area contributed by atoms with E-state index in [9.17, 15) is 0 Å². The largest absolute Gasteiger partial charge is 0.383 e. The van der Waals surface area contributed by atoms with Crippen molar-refractivity contribution in [2.45, 2.75) is 40.0 Å². The van der Waals surface area contributed by atoms with Crippen LogP contribution in [0.3, 0.4) is 0 Å². The van der Waals surface area contributed by atoms with E-state index in [1.54, 1.807) is 17.5 Å². The molecule has 0 spiro atoms. The van der Waals surface area contributed by atoms with Crippen LogP contribution in [0.5, 0.6) is 0 Å². The average Bonchev–Trinajstić information content (AvgIpc) is 2.72. The Balaban J connectivity index is 2.44. The first-order chi connectivity index (χ1) is 8.65. The third-order valence-corrected chi connectivity index (χ3v) is 4.03. The number of hydrogen-bond donors (Lipinski definition) is 1. The predicted molar refractivity (Wildman–Crippen MR) is 75.7 cm³/mol. The third-order valence-electron chi connectivity index (χ3n) is 2.76. The van der Waals surface area contributed by atoms with E-state index in [2.05, 4.69) is 23.8 Å². The number of anilines is 1. The molecule has 0 radical (unpaired) electrons. The van der Waals surface area contributed by atoms with Crippen molar-refractivity contribution in [3.63, 3.8) is 0 Å². The molecule has 5 heteroatoms. The summed E-state index contributed by atoms with van der Waals surface area (Å²) in [7, 11) is 0. The van der Waals surface area contributed by atoms with Crippen LogP contribution in [0.25, 0.3) is 10.6 Å². The summed E-state index contributed by atoms with van der Waals surface area (Å²) in [6.45, 7) is 6.16. The Morgan fingerprint density at radius 1 is 1.28 bits per heavy atom. The maximum Gasteiger partial charge on any atom is 0.137 e. The highest BCUT2D eigenvalue weighted by molar-refractivity contribution is 7.15. The van der Waals surface area contributed by atoms with Gasteiger partial charge in [0.15, 0.2) is 0 Å². The lowest BCUT2D eigenvalue weighted by Gasteiger charge is -2.00. The van der Waals surface area contributed by atoms with E-state index in [0.717, 1.165) is 29.8 Å². The van der Waals surface area contributed by atoms with Gasteiger partial charge in [-0.1, -0.05) is 20.3 Å². The number of aromatic nitrogens is 3. The van der Waals surface area contributed by atoms with Crippen LogP contribution in [0.2, 0.25) is 0 Å². The standard InChI is InChI=1S/C13H18N4S/c1-4-6-10-11(5-2)18-13(17-10)9-7-15-8(3)16-12(9)14/h7H,4-6H2,1-3H3,(H2,14,15,16). The summed E-state index contributed by atoms with van der Waals surface area (Å²) in [6.07, 6.45) is 4.91. The van der Waals surface area contributed by atoms with Crippen LogP contribution in [-0.4, -0.2) is 15.0 Å². The monoisotopic (exact) mass is 262 g/mol. The third kappa shape index (κ3) is 2.51. The molecule has 2 rings (SSSR count). The molecule has 0 aliphatic carbocycles. The Hall–Kier alpha value is -1.49. The summed E-state index contributed by atoms with van der Waals surface area (Å²) in [5, 5.41) is 0.938. The molecule has 0 aromatic carbocycles. The molecule has 0 amide bonds. The summed E-state index contributed by atoms with van der Waals surface area (Å²) in [5.41, 5.74) is 7.99. The fourth-order valence-electron chi connectivity index (χ4n) is 1.86. The van der Waals surface area contributed by atoms with Gasteiger partial charge < -0.3 is 5.73 Å². The second kappa shape index (κ2) is 5.44. The second-order valence-electron chi connectivity index (χ2n) is 4.21. The molecule has 0 atom stereocenters. The topological polar surface area (TPSA) is 64.7 Å². The lowest BCUT2D eigenvalue weighted by Crippen LogP contribution is -1.98. The maximum absolute atomic E-state index is 5.94. The number of rotatable bonds is 4. The highest BCUT2D eigenvalue weighted by Crippen LogP contribution is 2.31. The molecule has 2 aromatic rings. The summed E-state index contributed by atoms with van der Waals surface area (Å²) in [6, 6.07) is 0. The Bertz CT molecular complexity index is 548. The van der Waals surface area contributed by atoms with E-state index >= 15 is 0 Å². The molecule has 18 heavy (non-hydrogen) atoms. The van der Waals surface area contributed by atoms with Crippen molar-refractivity contribution in [2.24, 2.45) is 0 Å². The predicted octanol–water partition coefficient (Wildman–Crippen LogP) is 3.01. The maximum atomic E-state index is 5.94. The summed E-state index contributed by atoms with van der Waals surface area (Å²) in [4.78, 5) is 14.4. The lowest BCUT2D eigenvalue weighted by atomic mass is 10.2. The van der Waals surface area contributed by atoms with Crippen molar-refractivity contribution in [3.8, 4) is 10.6 Å². The molecule has 0 aliphatic rings. The van der Waals surface area contributed by atoms with Gasteiger partial charge in [-0.25, -0.2) is 15.0 Å².